The summed E-state index contributed by atoms with van der Waals surface area (Å²) in [4.78, 5) is 15.9. The van der Waals surface area contributed by atoms with E-state index in [-0.39, 0.29) is 0 Å². The Morgan fingerprint density at radius 2 is 0.810 bits per heavy atom. The Balaban J connectivity index is 1.19. The Morgan fingerprint density at radius 1 is 0.293 bits per heavy atom. The van der Waals surface area contributed by atoms with E-state index < -0.39 is 0 Å². The summed E-state index contributed by atoms with van der Waals surface area (Å²) in [6.07, 6.45) is 0. The van der Waals surface area contributed by atoms with Crippen molar-refractivity contribution in [2.24, 2.45) is 0 Å². The van der Waals surface area contributed by atoms with Crippen molar-refractivity contribution in [3.05, 3.63) is 188 Å². The normalized spacial score (nSPS) is 12.1. The van der Waals surface area contributed by atoms with E-state index in [1.807, 2.05) is 24.3 Å². The molecule has 5 heteroatoms. The predicted molar refractivity (Wildman–Crippen MR) is 239 cm³/mol. The number of fused-ring (bicyclic) bond motifs is 4. The second-order valence-electron chi connectivity index (χ2n) is 15.1. The van der Waals surface area contributed by atoms with Gasteiger partial charge >= 0.3 is 0 Å². The Kier molecular flexibility index (Phi) is 6.38. The highest BCUT2D eigenvalue weighted by molar-refractivity contribution is 6.43. The van der Waals surface area contributed by atoms with Gasteiger partial charge in [0.15, 0.2) is 11.6 Å². The summed E-state index contributed by atoms with van der Waals surface area (Å²) < 4.78 is 4.74. The zero-order valence-corrected chi connectivity index (χ0v) is 31.1. The van der Waals surface area contributed by atoms with Crippen molar-refractivity contribution in [3.63, 3.8) is 0 Å². The van der Waals surface area contributed by atoms with E-state index in [0.717, 1.165) is 38.8 Å². The molecule has 0 N–H and O–H groups in total. The molecule has 268 valence electrons. The molecule has 13 rings (SSSR count). The van der Waals surface area contributed by atoms with Gasteiger partial charge in [0.05, 0.1) is 22.1 Å². The van der Waals surface area contributed by atoms with Gasteiger partial charge in [0.25, 0.3) is 0 Å². The lowest BCUT2D eigenvalue weighted by Gasteiger charge is -2.14. The van der Waals surface area contributed by atoms with E-state index in [1.165, 1.54) is 65.4 Å². The maximum Gasteiger partial charge on any atom is 0.238 e. The van der Waals surface area contributed by atoms with Crippen LogP contribution in [0.1, 0.15) is 0 Å². The molecule has 1 aliphatic carbocycles. The second kappa shape index (κ2) is 11.8. The number of para-hydroxylation sites is 1. The maximum absolute atomic E-state index is 5.39. The van der Waals surface area contributed by atoms with Crippen LogP contribution < -0.4 is 0 Å². The summed E-state index contributed by atoms with van der Waals surface area (Å²) in [6.45, 7) is 0. The molecule has 1 aliphatic rings. The monoisotopic (exact) mass is 737 g/mol. The fraction of sp³-hybridized carbons (Fsp3) is 0. The molecule has 9 aromatic carbocycles. The summed E-state index contributed by atoms with van der Waals surface area (Å²) in [6, 6.07) is 67.0. The van der Waals surface area contributed by atoms with Crippen molar-refractivity contribution in [3.8, 4) is 56.7 Å². The molecule has 3 heterocycles. The van der Waals surface area contributed by atoms with E-state index in [1.54, 1.807) is 0 Å². The van der Waals surface area contributed by atoms with Crippen molar-refractivity contribution >= 4 is 65.2 Å². The molecular weight excluding hydrogens is 707 g/mol. The first-order chi connectivity index (χ1) is 28.8. The van der Waals surface area contributed by atoms with Crippen molar-refractivity contribution in [1.29, 1.82) is 0 Å². The van der Waals surface area contributed by atoms with Crippen LogP contribution in [0, 0.1) is 0 Å². The summed E-state index contributed by atoms with van der Waals surface area (Å²) in [7, 11) is 0. The highest BCUT2D eigenvalue weighted by Gasteiger charge is 2.29. The number of nitrogens with zero attached hydrogens (tertiary/aromatic N) is 5. The highest BCUT2D eigenvalue weighted by atomic mass is 15.2. The van der Waals surface area contributed by atoms with E-state index in [9.17, 15) is 0 Å². The van der Waals surface area contributed by atoms with Gasteiger partial charge in [0, 0.05) is 49.1 Å². The minimum absolute atomic E-state index is 0.589. The molecule has 0 bridgehead atoms. The van der Waals surface area contributed by atoms with Crippen LogP contribution in [0.2, 0.25) is 0 Å². The summed E-state index contributed by atoms with van der Waals surface area (Å²) >= 11 is 0. The lowest BCUT2D eigenvalue weighted by molar-refractivity contribution is 0.955. The van der Waals surface area contributed by atoms with Crippen LogP contribution in [0.5, 0.6) is 0 Å². The fourth-order valence-corrected chi connectivity index (χ4v) is 9.66. The standard InChI is InChI=1S/C53H31N5/c1-4-14-32(15-5-1)33-26-28-35(29-27-33)52-54-51(34-16-6-2-7-17-34)55-53(56-52)58-43-25-13-23-39-38-22-12-24-42-45(38)48-44(57(42)36-18-8-3-9-19-36)31-30-40-37-20-10-11-21-41(37)50(58)49(46(39)43)47(40)48/h1-31H. The highest BCUT2D eigenvalue weighted by Crippen LogP contribution is 2.53. The molecule has 58 heavy (non-hydrogen) atoms. The predicted octanol–water partition coefficient (Wildman–Crippen LogP) is 13.4. The Morgan fingerprint density at radius 3 is 1.50 bits per heavy atom. The van der Waals surface area contributed by atoms with Gasteiger partial charge in [0.2, 0.25) is 5.95 Å². The average Bonchev–Trinajstić information content (AvgIpc) is 3.79. The number of rotatable bonds is 5. The third-order valence-corrected chi connectivity index (χ3v) is 12.1. The first-order valence-corrected chi connectivity index (χ1v) is 19.7. The minimum atomic E-state index is 0.589. The van der Waals surface area contributed by atoms with E-state index >= 15 is 0 Å². The van der Waals surface area contributed by atoms with Crippen LogP contribution in [0.25, 0.3) is 122 Å². The van der Waals surface area contributed by atoms with Crippen LogP contribution in [-0.4, -0.2) is 24.1 Å². The molecular formula is C53H31N5. The van der Waals surface area contributed by atoms with Gasteiger partial charge < -0.3 is 4.57 Å². The molecule has 0 radical (unpaired) electrons. The van der Waals surface area contributed by atoms with Gasteiger partial charge in [-0.25, -0.2) is 4.98 Å². The van der Waals surface area contributed by atoms with Gasteiger partial charge in [0.1, 0.15) is 0 Å². The maximum atomic E-state index is 5.39. The largest absolute Gasteiger partial charge is 0.309 e. The number of hydrogen-bond acceptors (Lipinski definition) is 3. The zero-order valence-electron chi connectivity index (χ0n) is 31.1. The molecule has 3 aromatic heterocycles. The zero-order chi connectivity index (χ0) is 37.9. The van der Waals surface area contributed by atoms with Crippen LogP contribution in [-0.2, 0) is 0 Å². The molecule has 0 atom stereocenters. The molecule has 5 nitrogen and oxygen atoms in total. The third kappa shape index (κ3) is 4.27. The molecule has 0 saturated heterocycles. The lowest BCUT2D eigenvalue weighted by atomic mass is 9.94. The van der Waals surface area contributed by atoms with Crippen molar-refractivity contribution in [2.75, 3.05) is 0 Å². The number of hydrogen-bond donors (Lipinski definition) is 0. The fourth-order valence-electron chi connectivity index (χ4n) is 9.66. The van der Waals surface area contributed by atoms with Crippen LogP contribution in [0.4, 0.5) is 0 Å². The smallest absolute Gasteiger partial charge is 0.238 e. The number of benzene rings is 9. The topological polar surface area (TPSA) is 48.5 Å². The summed E-state index contributed by atoms with van der Waals surface area (Å²) in [5, 5.41) is 9.87. The van der Waals surface area contributed by atoms with Crippen molar-refractivity contribution in [1.82, 2.24) is 24.1 Å². The molecule has 0 unspecified atom stereocenters. The molecule has 12 aromatic rings. The van der Waals surface area contributed by atoms with Crippen molar-refractivity contribution in [2.45, 2.75) is 0 Å². The third-order valence-electron chi connectivity index (χ3n) is 12.1. The van der Waals surface area contributed by atoms with Crippen LogP contribution in [0.15, 0.2) is 188 Å². The summed E-state index contributed by atoms with van der Waals surface area (Å²) in [5.74, 6) is 1.84. The molecule has 0 saturated carbocycles. The molecule has 0 fully saturated rings. The van der Waals surface area contributed by atoms with Gasteiger partial charge in [-0.15, -0.1) is 0 Å². The Bertz CT molecular complexity index is 3640. The first-order valence-electron chi connectivity index (χ1n) is 19.7. The van der Waals surface area contributed by atoms with E-state index in [2.05, 4.69) is 173 Å². The Labute approximate surface area is 332 Å². The molecule has 0 spiro atoms. The summed E-state index contributed by atoms with van der Waals surface area (Å²) in [5.41, 5.74) is 12.3. The first kappa shape index (κ1) is 31.3. The van der Waals surface area contributed by atoms with Crippen molar-refractivity contribution < 1.29 is 0 Å². The molecule has 0 amide bonds. The lowest BCUT2D eigenvalue weighted by Crippen LogP contribution is -2.06. The average molecular weight is 738 g/mol. The quantitative estimate of drug-likeness (QED) is 0.165. The van der Waals surface area contributed by atoms with Gasteiger partial charge in [-0.3, -0.25) is 4.57 Å². The van der Waals surface area contributed by atoms with Gasteiger partial charge in [-0.05, 0) is 63.4 Å². The van der Waals surface area contributed by atoms with Crippen LogP contribution in [0.3, 0.4) is 0 Å². The minimum Gasteiger partial charge on any atom is -0.309 e. The van der Waals surface area contributed by atoms with Crippen LogP contribution >= 0.6 is 0 Å². The van der Waals surface area contributed by atoms with E-state index in [4.69, 9.17) is 15.0 Å². The molecule has 0 aliphatic heterocycles. The Hall–Kier alpha value is -7.89. The number of aromatic nitrogens is 5. The second-order valence-corrected chi connectivity index (χ2v) is 15.1. The van der Waals surface area contributed by atoms with E-state index in [0.29, 0.717) is 17.6 Å². The SMILES string of the molecule is c1ccc(-c2ccc(-c3nc(-c4ccccc4)nc(-n4c5cccc6c5c5c7c(ccc8c7c7c-6cccc7n8-c6ccccc6)c6ccccc6c54)n3)cc2)cc1. The van der Waals surface area contributed by atoms with Gasteiger partial charge in [-0.1, -0.05) is 158 Å². The van der Waals surface area contributed by atoms with Gasteiger partial charge in [-0.2, -0.15) is 9.97 Å².